The van der Waals surface area contributed by atoms with Crippen LogP contribution in [0.3, 0.4) is 0 Å². The standard InChI is InChI=1S/C22H40N4O2/c1-16-12-17(2)14-18(13-16)15-23-22(28)26-10-8-20(9-11-26)25-21(27)24-19-6-4-3-5-7-19/h16-20H,3-15H2,1-2H3,(H,23,28)(H2,24,25,27). The van der Waals surface area contributed by atoms with E-state index >= 15 is 0 Å². The van der Waals surface area contributed by atoms with Crippen LogP contribution in [0.1, 0.15) is 78.1 Å². The highest BCUT2D eigenvalue weighted by molar-refractivity contribution is 5.75. The highest BCUT2D eigenvalue weighted by atomic mass is 16.2. The summed E-state index contributed by atoms with van der Waals surface area (Å²) in [6.45, 7) is 6.89. The summed E-state index contributed by atoms with van der Waals surface area (Å²) in [6, 6.07) is 0.545. The van der Waals surface area contributed by atoms with E-state index in [1.165, 1.54) is 38.5 Å². The van der Waals surface area contributed by atoms with E-state index in [1.54, 1.807) is 0 Å². The van der Waals surface area contributed by atoms with E-state index in [-0.39, 0.29) is 18.1 Å². The van der Waals surface area contributed by atoms with E-state index in [1.807, 2.05) is 4.90 Å². The normalized spacial score (nSPS) is 29.9. The van der Waals surface area contributed by atoms with Crippen LogP contribution in [0.25, 0.3) is 0 Å². The predicted octanol–water partition coefficient (Wildman–Crippen LogP) is 3.86. The molecule has 0 radical (unpaired) electrons. The molecule has 1 saturated heterocycles. The smallest absolute Gasteiger partial charge is 0.317 e. The molecule has 0 aromatic heterocycles. The van der Waals surface area contributed by atoms with Gasteiger partial charge in [-0.15, -0.1) is 0 Å². The van der Waals surface area contributed by atoms with Crippen molar-refractivity contribution in [2.75, 3.05) is 19.6 Å². The highest BCUT2D eigenvalue weighted by Gasteiger charge is 2.27. The third-order valence-electron chi connectivity index (χ3n) is 6.88. The maximum Gasteiger partial charge on any atom is 0.317 e. The summed E-state index contributed by atoms with van der Waals surface area (Å²) in [4.78, 5) is 26.6. The first kappa shape index (κ1) is 21.3. The van der Waals surface area contributed by atoms with Crippen LogP contribution in [0.2, 0.25) is 0 Å². The maximum absolute atomic E-state index is 12.5. The molecular weight excluding hydrogens is 352 g/mol. The topological polar surface area (TPSA) is 73.5 Å². The van der Waals surface area contributed by atoms with Crippen molar-refractivity contribution in [3.05, 3.63) is 0 Å². The maximum atomic E-state index is 12.5. The van der Waals surface area contributed by atoms with Crippen molar-refractivity contribution in [1.29, 1.82) is 0 Å². The van der Waals surface area contributed by atoms with Crippen molar-refractivity contribution in [2.45, 2.75) is 90.1 Å². The summed E-state index contributed by atoms with van der Waals surface area (Å²) < 4.78 is 0. The number of amides is 4. The molecule has 3 N–H and O–H groups in total. The molecule has 3 rings (SSSR count). The molecular formula is C22H40N4O2. The van der Waals surface area contributed by atoms with Crippen LogP contribution in [-0.2, 0) is 0 Å². The Morgan fingerprint density at radius 3 is 2.00 bits per heavy atom. The van der Waals surface area contributed by atoms with Gasteiger partial charge in [0.05, 0.1) is 0 Å². The van der Waals surface area contributed by atoms with Gasteiger partial charge in [-0.2, -0.15) is 0 Å². The van der Waals surface area contributed by atoms with Gasteiger partial charge in [-0.1, -0.05) is 33.1 Å². The van der Waals surface area contributed by atoms with E-state index in [0.717, 1.165) is 57.2 Å². The number of urea groups is 2. The van der Waals surface area contributed by atoms with Crippen molar-refractivity contribution in [3.8, 4) is 0 Å². The second kappa shape index (κ2) is 10.4. The van der Waals surface area contributed by atoms with Gasteiger partial charge in [0.25, 0.3) is 0 Å². The molecule has 3 fully saturated rings. The Morgan fingerprint density at radius 1 is 0.821 bits per heavy atom. The minimum atomic E-state index is -0.0321. The molecule has 28 heavy (non-hydrogen) atoms. The van der Waals surface area contributed by atoms with Gasteiger partial charge in [0.1, 0.15) is 0 Å². The molecule has 0 aromatic rings. The summed E-state index contributed by atoms with van der Waals surface area (Å²) in [5.74, 6) is 2.16. The average Bonchev–Trinajstić information content (AvgIpc) is 2.66. The first-order chi connectivity index (χ1) is 13.5. The molecule has 6 nitrogen and oxygen atoms in total. The van der Waals surface area contributed by atoms with Gasteiger partial charge in [0, 0.05) is 31.7 Å². The van der Waals surface area contributed by atoms with Crippen molar-refractivity contribution < 1.29 is 9.59 Å². The summed E-state index contributed by atoms with van der Waals surface area (Å²) in [5.41, 5.74) is 0. The third-order valence-corrected chi connectivity index (χ3v) is 6.88. The Kier molecular flexibility index (Phi) is 7.86. The molecule has 1 aliphatic heterocycles. The van der Waals surface area contributed by atoms with Gasteiger partial charge < -0.3 is 20.9 Å². The molecule has 0 spiro atoms. The van der Waals surface area contributed by atoms with Crippen LogP contribution >= 0.6 is 0 Å². The molecule has 2 aliphatic carbocycles. The molecule has 2 atom stereocenters. The number of carbonyl (C=O) groups excluding carboxylic acids is 2. The Balaban J connectivity index is 1.31. The molecule has 160 valence electrons. The lowest BCUT2D eigenvalue weighted by molar-refractivity contribution is 0.167. The van der Waals surface area contributed by atoms with E-state index in [0.29, 0.717) is 12.0 Å². The van der Waals surface area contributed by atoms with Crippen molar-refractivity contribution in [2.24, 2.45) is 17.8 Å². The van der Waals surface area contributed by atoms with E-state index < -0.39 is 0 Å². The first-order valence-electron chi connectivity index (χ1n) is 11.6. The fourth-order valence-corrected chi connectivity index (χ4v) is 5.51. The SMILES string of the molecule is CC1CC(C)CC(CNC(=O)N2CCC(NC(=O)NC3CCCCC3)CC2)C1. The van der Waals surface area contributed by atoms with E-state index in [2.05, 4.69) is 29.8 Å². The van der Waals surface area contributed by atoms with Gasteiger partial charge in [0.2, 0.25) is 0 Å². The highest BCUT2D eigenvalue weighted by Crippen LogP contribution is 2.32. The molecule has 1 heterocycles. The minimum Gasteiger partial charge on any atom is -0.338 e. The number of rotatable bonds is 4. The monoisotopic (exact) mass is 392 g/mol. The van der Waals surface area contributed by atoms with Crippen molar-refractivity contribution >= 4 is 12.1 Å². The summed E-state index contributed by atoms with van der Waals surface area (Å²) in [6.07, 6.45) is 11.4. The van der Waals surface area contributed by atoms with Crippen LogP contribution in [-0.4, -0.2) is 48.7 Å². The van der Waals surface area contributed by atoms with Gasteiger partial charge in [-0.25, -0.2) is 9.59 Å². The zero-order valence-corrected chi connectivity index (χ0v) is 17.8. The molecule has 0 aromatic carbocycles. The second-order valence-electron chi connectivity index (χ2n) is 9.68. The average molecular weight is 393 g/mol. The summed E-state index contributed by atoms with van der Waals surface area (Å²) in [5, 5.41) is 9.39. The summed E-state index contributed by atoms with van der Waals surface area (Å²) >= 11 is 0. The molecule has 2 saturated carbocycles. The van der Waals surface area contributed by atoms with Crippen LogP contribution in [0.5, 0.6) is 0 Å². The number of nitrogens with zero attached hydrogens (tertiary/aromatic N) is 1. The Bertz CT molecular complexity index is 503. The molecule has 4 amide bonds. The molecule has 6 heteroatoms. The second-order valence-corrected chi connectivity index (χ2v) is 9.68. The zero-order valence-electron chi connectivity index (χ0n) is 17.8. The number of likely N-dealkylation sites (tertiary alicyclic amines) is 1. The Hall–Kier alpha value is -1.46. The summed E-state index contributed by atoms with van der Waals surface area (Å²) in [7, 11) is 0. The number of hydrogen-bond donors (Lipinski definition) is 3. The lowest BCUT2D eigenvalue weighted by Crippen LogP contribution is -2.52. The number of carbonyl (C=O) groups is 2. The predicted molar refractivity (Wildman–Crippen MR) is 112 cm³/mol. The van der Waals surface area contributed by atoms with Crippen LogP contribution in [0, 0.1) is 17.8 Å². The number of hydrogen-bond acceptors (Lipinski definition) is 2. The fourth-order valence-electron chi connectivity index (χ4n) is 5.51. The van der Waals surface area contributed by atoms with Gasteiger partial charge in [-0.3, -0.25) is 0 Å². The van der Waals surface area contributed by atoms with Gasteiger partial charge in [0.15, 0.2) is 0 Å². The van der Waals surface area contributed by atoms with Crippen LogP contribution in [0.15, 0.2) is 0 Å². The minimum absolute atomic E-state index is 0.0321. The number of piperidine rings is 1. The van der Waals surface area contributed by atoms with Gasteiger partial charge >= 0.3 is 12.1 Å². The molecule has 3 aliphatic rings. The van der Waals surface area contributed by atoms with Crippen molar-refractivity contribution in [3.63, 3.8) is 0 Å². The fraction of sp³-hybridized carbons (Fsp3) is 0.909. The van der Waals surface area contributed by atoms with Gasteiger partial charge in [-0.05, 0) is 62.7 Å². The largest absolute Gasteiger partial charge is 0.338 e. The van der Waals surface area contributed by atoms with E-state index in [4.69, 9.17) is 0 Å². The number of nitrogens with one attached hydrogen (secondary N) is 3. The third kappa shape index (κ3) is 6.56. The van der Waals surface area contributed by atoms with Crippen molar-refractivity contribution in [1.82, 2.24) is 20.9 Å². The zero-order chi connectivity index (χ0) is 19.9. The molecule has 0 bridgehead atoms. The first-order valence-corrected chi connectivity index (χ1v) is 11.6. The van der Waals surface area contributed by atoms with E-state index in [9.17, 15) is 9.59 Å². The Labute approximate surface area is 170 Å². The lowest BCUT2D eigenvalue weighted by atomic mass is 9.77. The Morgan fingerprint density at radius 2 is 1.39 bits per heavy atom. The quantitative estimate of drug-likeness (QED) is 0.679. The molecule has 2 unspecified atom stereocenters. The lowest BCUT2D eigenvalue weighted by Gasteiger charge is -2.35. The van der Waals surface area contributed by atoms with Crippen LogP contribution in [0.4, 0.5) is 9.59 Å². The van der Waals surface area contributed by atoms with Crippen LogP contribution < -0.4 is 16.0 Å².